The molecule has 1 aliphatic heterocycles. The Balaban J connectivity index is 1.55. The topological polar surface area (TPSA) is 147 Å². The van der Waals surface area contributed by atoms with Gasteiger partial charge in [-0.15, -0.1) is 0 Å². The van der Waals surface area contributed by atoms with Crippen LogP contribution in [-0.4, -0.2) is 52.3 Å². The van der Waals surface area contributed by atoms with Crippen molar-refractivity contribution in [3.63, 3.8) is 0 Å². The number of aliphatic hydroxyl groups is 1. The molecule has 0 radical (unpaired) electrons. The van der Waals surface area contributed by atoms with Crippen LogP contribution >= 0.6 is 0 Å². The number of fused-ring (bicyclic) bond motifs is 1. The number of nitrogen functional groups attached to an aromatic ring is 1. The fourth-order valence-electron chi connectivity index (χ4n) is 4.46. The second-order valence-electron chi connectivity index (χ2n) is 9.13. The fraction of sp³-hybridized carbons (Fsp3) is 0.385. The number of anilines is 1. The SMILES string of the molecule is CCCN(CCO)C(=O)C1=Cc2ccc(C3(C(=O)NCc4cncc(N)c4)CC3)cc2N=C(N)C1. The van der Waals surface area contributed by atoms with Crippen molar-refractivity contribution in [1.82, 2.24) is 15.2 Å². The first-order valence-corrected chi connectivity index (χ1v) is 11.9. The highest BCUT2D eigenvalue weighted by molar-refractivity contribution is 6.05. The van der Waals surface area contributed by atoms with Crippen molar-refractivity contribution >= 4 is 35.1 Å². The van der Waals surface area contributed by atoms with Gasteiger partial charge in [0.2, 0.25) is 11.8 Å². The van der Waals surface area contributed by atoms with Crippen molar-refractivity contribution in [2.24, 2.45) is 10.7 Å². The normalized spacial score (nSPS) is 15.8. The van der Waals surface area contributed by atoms with Gasteiger partial charge in [-0.1, -0.05) is 19.1 Å². The average molecular weight is 477 g/mol. The summed E-state index contributed by atoms with van der Waals surface area (Å²) in [5.74, 6) is 0.144. The van der Waals surface area contributed by atoms with E-state index in [-0.39, 0.29) is 31.4 Å². The van der Waals surface area contributed by atoms with Crippen molar-refractivity contribution in [2.45, 2.75) is 44.6 Å². The molecule has 2 aromatic rings. The highest BCUT2D eigenvalue weighted by Crippen LogP contribution is 2.49. The third-order valence-electron chi connectivity index (χ3n) is 6.43. The standard InChI is InChI=1S/C26H32N6O3/c1-2-7-32(8-9-33)24(34)19-11-18-3-4-20(13-22(18)31-23(28)12-19)26(5-6-26)25(35)30-15-17-10-21(27)16-29-14-17/h3-4,10-11,13-14,16,33H,2,5-9,12,15,27H2,1H3,(H2,28,31)(H,30,35). The van der Waals surface area contributed by atoms with E-state index in [2.05, 4.69) is 15.3 Å². The molecule has 2 amide bonds. The van der Waals surface area contributed by atoms with E-state index in [0.29, 0.717) is 35.9 Å². The van der Waals surface area contributed by atoms with Gasteiger partial charge in [0.25, 0.3) is 0 Å². The summed E-state index contributed by atoms with van der Waals surface area (Å²) in [5.41, 5.74) is 15.6. The number of aromatic nitrogens is 1. The van der Waals surface area contributed by atoms with E-state index in [1.54, 1.807) is 23.4 Å². The zero-order valence-electron chi connectivity index (χ0n) is 20.0. The maximum absolute atomic E-state index is 13.1. The Morgan fingerprint density at radius 2 is 1.97 bits per heavy atom. The minimum Gasteiger partial charge on any atom is -0.397 e. The third-order valence-corrected chi connectivity index (χ3v) is 6.43. The number of rotatable bonds is 9. The molecule has 1 aliphatic carbocycles. The molecule has 1 fully saturated rings. The van der Waals surface area contributed by atoms with Crippen LogP contribution < -0.4 is 16.8 Å². The second kappa shape index (κ2) is 10.3. The maximum atomic E-state index is 13.1. The fourth-order valence-corrected chi connectivity index (χ4v) is 4.46. The number of hydrogen-bond donors (Lipinski definition) is 4. The summed E-state index contributed by atoms with van der Waals surface area (Å²) in [7, 11) is 0. The molecule has 0 saturated heterocycles. The van der Waals surface area contributed by atoms with Gasteiger partial charge in [-0.2, -0.15) is 0 Å². The summed E-state index contributed by atoms with van der Waals surface area (Å²) in [6.07, 6.45) is 7.59. The first kappa shape index (κ1) is 24.4. The Kier molecular flexibility index (Phi) is 7.16. The molecule has 35 heavy (non-hydrogen) atoms. The van der Waals surface area contributed by atoms with Crippen molar-refractivity contribution in [2.75, 3.05) is 25.4 Å². The zero-order chi connectivity index (χ0) is 25.0. The minimum absolute atomic E-state index is 0.0453. The summed E-state index contributed by atoms with van der Waals surface area (Å²) >= 11 is 0. The van der Waals surface area contributed by atoms with Gasteiger partial charge < -0.3 is 26.8 Å². The average Bonchev–Trinajstić information content (AvgIpc) is 3.66. The molecule has 0 bridgehead atoms. The Hall–Kier alpha value is -3.72. The van der Waals surface area contributed by atoms with Crippen LogP contribution in [0.5, 0.6) is 0 Å². The van der Waals surface area contributed by atoms with Crippen LogP contribution in [0.2, 0.25) is 0 Å². The van der Waals surface area contributed by atoms with Gasteiger partial charge in [-0.25, -0.2) is 4.99 Å². The summed E-state index contributed by atoms with van der Waals surface area (Å²) in [6.45, 7) is 3.08. The van der Waals surface area contributed by atoms with Gasteiger partial charge >= 0.3 is 0 Å². The van der Waals surface area contributed by atoms with E-state index in [9.17, 15) is 14.7 Å². The molecular weight excluding hydrogens is 444 g/mol. The number of carbonyl (C=O) groups is 2. The molecule has 1 aromatic heterocycles. The molecular formula is C26H32N6O3. The van der Waals surface area contributed by atoms with Gasteiger partial charge in [-0.3, -0.25) is 14.6 Å². The lowest BCUT2D eigenvalue weighted by Crippen LogP contribution is -2.36. The van der Waals surface area contributed by atoms with Crippen LogP contribution in [-0.2, 0) is 21.5 Å². The number of amidine groups is 1. The summed E-state index contributed by atoms with van der Waals surface area (Å²) in [5, 5.41) is 12.4. The Bertz CT molecular complexity index is 1180. The number of pyridine rings is 1. The van der Waals surface area contributed by atoms with Crippen molar-refractivity contribution in [3.8, 4) is 0 Å². The maximum Gasteiger partial charge on any atom is 0.250 e. The summed E-state index contributed by atoms with van der Waals surface area (Å²) in [4.78, 5) is 36.5. The molecule has 0 spiro atoms. The van der Waals surface area contributed by atoms with Gasteiger partial charge in [0.1, 0.15) is 5.84 Å². The predicted octanol–water partition coefficient (Wildman–Crippen LogP) is 2.02. The Labute approximate surface area is 204 Å². The van der Waals surface area contributed by atoms with E-state index in [0.717, 1.165) is 36.0 Å². The monoisotopic (exact) mass is 476 g/mol. The predicted molar refractivity (Wildman–Crippen MR) is 136 cm³/mol. The number of aliphatic imine (C=N–C) groups is 1. The lowest BCUT2D eigenvalue weighted by Gasteiger charge is -2.22. The van der Waals surface area contributed by atoms with Gasteiger partial charge in [-0.05, 0) is 48.6 Å². The highest BCUT2D eigenvalue weighted by Gasteiger charge is 2.51. The number of amides is 2. The first-order valence-electron chi connectivity index (χ1n) is 11.9. The lowest BCUT2D eigenvalue weighted by molar-refractivity contribution is -0.127. The molecule has 0 unspecified atom stereocenters. The lowest BCUT2D eigenvalue weighted by atomic mass is 9.92. The molecule has 9 nitrogen and oxygen atoms in total. The third kappa shape index (κ3) is 5.35. The molecule has 1 saturated carbocycles. The van der Waals surface area contributed by atoms with E-state index >= 15 is 0 Å². The van der Waals surface area contributed by atoms with E-state index in [4.69, 9.17) is 11.5 Å². The number of carbonyl (C=O) groups excluding carboxylic acids is 2. The number of nitrogens with two attached hydrogens (primary N) is 2. The van der Waals surface area contributed by atoms with Crippen LogP contribution in [0.15, 0.2) is 47.2 Å². The van der Waals surface area contributed by atoms with Crippen molar-refractivity contribution < 1.29 is 14.7 Å². The minimum atomic E-state index is -0.596. The van der Waals surface area contributed by atoms with Gasteiger partial charge in [0, 0.05) is 49.6 Å². The smallest absolute Gasteiger partial charge is 0.250 e. The van der Waals surface area contributed by atoms with Crippen molar-refractivity contribution in [1.29, 1.82) is 0 Å². The Morgan fingerprint density at radius 3 is 2.66 bits per heavy atom. The van der Waals surface area contributed by atoms with Crippen LogP contribution in [0.1, 0.15) is 49.3 Å². The van der Waals surface area contributed by atoms with Gasteiger partial charge in [0.15, 0.2) is 0 Å². The molecule has 184 valence electrons. The van der Waals surface area contributed by atoms with E-state index < -0.39 is 5.41 Å². The molecule has 6 N–H and O–H groups in total. The number of hydrogen-bond acceptors (Lipinski definition) is 7. The largest absolute Gasteiger partial charge is 0.397 e. The molecule has 1 aromatic carbocycles. The van der Waals surface area contributed by atoms with Crippen LogP contribution in [0.25, 0.3) is 6.08 Å². The molecule has 9 heteroatoms. The van der Waals surface area contributed by atoms with Gasteiger partial charge in [0.05, 0.1) is 23.4 Å². The Morgan fingerprint density at radius 1 is 1.17 bits per heavy atom. The van der Waals surface area contributed by atoms with E-state index in [1.807, 2.05) is 31.2 Å². The number of nitrogens with zero attached hydrogens (tertiary/aromatic N) is 3. The first-order chi connectivity index (χ1) is 16.9. The molecule has 4 rings (SSSR count). The molecule has 2 heterocycles. The van der Waals surface area contributed by atoms with Crippen LogP contribution in [0, 0.1) is 0 Å². The second-order valence-corrected chi connectivity index (χ2v) is 9.13. The molecule has 0 atom stereocenters. The van der Waals surface area contributed by atoms with E-state index in [1.165, 1.54) is 0 Å². The number of benzene rings is 1. The quantitative estimate of drug-likeness (QED) is 0.435. The van der Waals surface area contributed by atoms with Crippen LogP contribution in [0.3, 0.4) is 0 Å². The zero-order valence-corrected chi connectivity index (χ0v) is 20.0. The number of nitrogens with one attached hydrogen (secondary N) is 1. The molecule has 2 aliphatic rings. The van der Waals surface area contributed by atoms with Crippen molar-refractivity contribution in [3.05, 3.63) is 58.9 Å². The highest BCUT2D eigenvalue weighted by atomic mass is 16.3. The van der Waals surface area contributed by atoms with Crippen LogP contribution in [0.4, 0.5) is 11.4 Å². The number of aliphatic hydroxyl groups excluding tert-OH is 1. The summed E-state index contributed by atoms with van der Waals surface area (Å²) in [6, 6.07) is 7.52. The summed E-state index contributed by atoms with van der Waals surface area (Å²) < 4.78 is 0.